The summed E-state index contributed by atoms with van der Waals surface area (Å²) < 4.78 is 22.4. The number of fused-ring (bicyclic) bond motifs is 19. The number of halogens is 1. The number of benzene rings is 10. The summed E-state index contributed by atoms with van der Waals surface area (Å²) >= 11 is 0. The van der Waals surface area contributed by atoms with Crippen LogP contribution in [0.1, 0.15) is 44.5 Å². The topological polar surface area (TPSA) is 12.5 Å². The van der Waals surface area contributed by atoms with E-state index in [1.54, 1.807) is 12.1 Å². The van der Waals surface area contributed by atoms with Gasteiger partial charge in [-0.25, -0.2) is 4.39 Å². The highest BCUT2D eigenvalue weighted by atomic mass is 19.1. The molecule has 10 aromatic rings. The highest BCUT2D eigenvalue weighted by Crippen LogP contribution is 2.66. The molecule has 0 atom stereocenters. The first-order chi connectivity index (χ1) is 32.2. The molecule has 0 unspecified atom stereocenters. The zero-order valence-corrected chi connectivity index (χ0v) is 35.2. The van der Waals surface area contributed by atoms with Gasteiger partial charge >= 0.3 is 0 Å². The van der Waals surface area contributed by atoms with Gasteiger partial charge in [0.2, 0.25) is 0 Å². The minimum absolute atomic E-state index is 0.234. The second-order valence-electron chi connectivity index (χ2n) is 17.6. The van der Waals surface area contributed by atoms with Crippen LogP contribution in [-0.4, -0.2) is 0 Å². The van der Waals surface area contributed by atoms with Crippen molar-refractivity contribution >= 4 is 17.1 Å². The molecule has 3 aliphatic carbocycles. The number of ether oxygens (including phenoxy) is 1. The zero-order chi connectivity index (χ0) is 42.9. The first-order valence-electron chi connectivity index (χ1n) is 22.4. The Bertz CT molecular complexity index is 3520. The minimum Gasteiger partial charge on any atom is -0.457 e. The van der Waals surface area contributed by atoms with Gasteiger partial charge in [-0.3, -0.25) is 0 Å². The van der Waals surface area contributed by atoms with Crippen LogP contribution >= 0.6 is 0 Å². The number of nitrogens with zero attached hydrogens (tertiary/aromatic N) is 1. The Kier molecular flexibility index (Phi) is 7.45. The number of hydrogen-bond acceptors (Lipinski definition) is 2. The fourth-order valence-corrected chi connectivity index (χ4v) is 12.2. The Labute approximate surface area is 377 Å². The SMILES string of the molecule is Fc1ccc2c(c1)C1(c3ccccc3-c3ccccc31)c1cc(N(c3ccc(-c4ccccc4)cc3)c3cccc4c3-c3ccccc3C43c4ccccc4Oc4ccccc43)ccc1-2. The first-order valence-corrected chi connectivity index (χ1v) is 22.4. The quantitative estimate of drug-likeness (QED) is 0.175. The van der Waals surface area contributed by atoms with Crippen LogP contribution in [0.25, 0.3) is 44.5 Å². The standard InChI is InChI=1S/C62H38FNO/c63-41-31-35-46-47-36-34-43(38-56(47)61(55(46)37-41)49-20-7-4-17-44(49)45-18-5-8-21-50(45)61)64(42-32-29-40(30-33-42)39-15-2-1-3-16-39)57-26-14-25-54-60(57)48-19-6-9-22-51(48)62(54)52-23-10-12-27-58(52)65-59-28-13-11-24-53(59)62/h1-38H. The van der Waals surface area contributed by atoms with Gasteiger partial charge in [-0.15, -0.1) is 0 Å². The van der Waals surface area contributed by atoms with Crippen LogP contribution in [0.15, 0.2) is 231 Å². The van der Waals surface area contributed by atoms with Gasteiger partial charge in [0.05, 0.1) is 16.5 Å². The summed E-state index contributed by atoms with van der Waals surface area (Å²) in [6, 6.07) is 82.1. The molecule has 0 aromatic heterocycles. The Morgan fingerprint density at radius 2 is 0.785 bits per heavy atom. The third-order valence-corrected chi connectivity index (χ3v) is 14.6. The third kappa shape index (κ3) is 4.71. The smallest absolute Gasteiger partial charge is 0.132 e. The lowest BCUT2D eigenvalue weighted by Gasteiger charge is -2.39. The van der Waals surface area contributed by atoms with Crippen molar-refractivity contribution in [3.8, 4) is 56.0 Å². The normalized spacial score (nSPS) is 14.3. The van der Waals surface area contributed by atoms with Crippen molar-refractivity contribution in [2.24, 2.45) is 0 Å². The summed E-state index contributed by atoms with van der Waals surface area (Å²) in [5.74, 6) is 1.50. The molecule has 65 heavy (non-hydrogen) atoms. The van der Waals surface area contributed by atoms with Gasteiger partial charge in [-0.1, -0.05) is 176 Å². The molecular formula is C62H38FNO. The van der Waals surface area contributed by atoms with Gasteiger partial charge in [0, 0.05) is 28.1 Å². The van der Waals surface area contributed by atoms with Crippen LogP contribution < -0.4 is 9.64 Å². The summed E-state index contributed by atoms with van der Waals surface area (Å²) in [6.07, 6.45) is 0. The largest absolute Gasteiger partial charge is 0.457 e. The van der Waals surface area contributed by atoms with Crippen molar-refractivity contribution in [3.05, 3.63) is 281 Å². The molecular weight excluding hydrogens is 794 g/mol. The maximum absolute atomic E-state index is 15.7. The van der Waals surface area contributed by atoms with Crippen molar-refractivity contribution in [2.75, 3.05) is 4.90 Å². The van der Waals surface area contributed by atoms with E-state index in [2.05, 4.69) is 217 Å². The molecule has 1 heterocycles. The fraction of sp³-hybridized carbons (Fsp3) is 0.0323. The Balaban J connectivity index is 1.06. The maximum Gasteiger partial charge on any atom is 0.132 e. The van der Waals surface area contributed by atoms with Crippen molar-refractivity contribution in [2.45, 2.75) is 10.8 Å². The maximum atomic E-state index is 15.7. The number of rotatable bonds is 4. The van der Waals surface area contributed by atoms with Crippen molar-refractivity contribution in [1.29, 1.82) is 0 Å². The zero-order valence-electron chi connectivity index (χ0n) is 35.2. The van der Waals surface area contributed by atoms with Gasteiger partial charge in [0.25, 0.3) is 0 Å². The van der Waals surface area contributed by atoms with E-state index in [9.17, 15) is 0 Å². The Morgan fingerprint density at radius 1 is 0.323 bits per heavy atom. The van der Waals surface area contributed by atoms with Crippen molar-refractivity contribution in [1.82, 2.24) is 0 Å². The average molecular weight is 832 g/mol. The Morgan fingerprint density at radius 3 is 1.45 bits per heavy atom. The molecule has 304 valence electrons. The Hall–Kier alpha value is -8.27. The van der Waals surface area contributed by atoms with Crippen LogP contribution in [-0.2, 0) is 10.8 Å². The molecule has 3 heteroatoms. The van der Waals surface area contributed by atoms with Crippen molar-refractivity contribution in [3.63, 3.8) is 0 Å². The van der Waals surface area contributed by atoms with Gasteiger partial charge in [-0.05, 0) is 127 Å². The van der Waals surface area contributed by atoms with E-state index in [1.807, 2.05) is 6.07 Å². The third-order valence-electron chi connectivity index (χ3n) is 14.6. The summed E-state index contributed by atoms with van der Waals surface area (Å²) in [5.41, 5.74) is 20.2. The molecule has 0 saturated carbocycles. The van der Waals surface area contributed by atoms with Crippen LogP contribution in [0.4, 0.5) is 21.5 Å². The molecule has 14 rings (SSSR count). The van der Waals surface area contributed by atoms with E-state index in [0.29, 0.717) is 0 Å². The van der Waals surface area contributed by atoms with E-state index < -0.39 is 10.8 Å². The molecule has 0 saturated heterocycles. The summed E-state index contributed by atoms with van der Waals surface area (Å²) in [5, 5.41) is 0. The molecule has 0 bridgehead atoms. The predicted molar refractivity (Wildman–Crippen MR) is 260 cm³/mol. The van der Waals surface area contributed by atoms with E-state index in [-0.39, 0.29) is 5.82 Å². The monoisotopic (exact) mass is 831 g/mol. The summed E-state index contributed by atoms with van der Waals surface area (Å²) in [4.78, 5) is 2.45. The minimum atomic E-state index is -0.719. The molecule has 2 spiro atoms. The van der Waals surface area contributed by atoms with Gasteiger partial charge in [-0.2, -0.15) is 0 Å². The molecule has 2 nitrogen and oxygen atoms in total. The first kappa shape index (κ1) is 36.2. The highest BCUT2D eigenvalue weighted by molar-refractivity contribution is 6.00. The lowest BCUT2D eigenvalue weighted by molar-refractivity contribution is 0.436. The summed E-state index contributed by atoms with van der Waals surface area (Å²) in [6.45, 7) is 0. The number of anilines is 3. The number of para-hydroxylation sites is 2. The van der Waals surface area contributed by atoms with Crippen LogP contribution in [0, 0.1) is 5.82 Å². The average Bonchev–Trinajstić information content (AvgIpc) is 3.95. The van der Waals surface area contributed by atoms with Crippen molar-refractivity contribution < 1.29 is 9.13 Å². The molecule has 0 N–H and O–H groups in total. The van der Waals surface area contributed by atoms with Gasteiger partial charge in [0.15, 0.2) is 0 Å². The van der Waals surface area contributed by atoms with E-state index in [1.165, 1.54) is 50.1 Å². The van der Waals surface area contributed by atoms with Crippen LogP contribution in [0.5, 0.6) is 11.5 Å². The molecule has 10 aromatic carbocycles. The fourth-order valence-electron chi connectivity index (χ4n) is 12.2. The summed E-state index contributed by atoms with van der Waals surface area (Å²) in [7, 11) is 0. The number of hydrogen-bond donors (Lipinski definition) is 0. The lowest BCUT2D eigenvalue weighted by Crippen LogP contribution is -2.32. The highest BCUT2D eigenvalue weighted by Gasteiger charge is 2.54. The molecule has 0 amide bonds. The van der Waals surface area contributed by atoms with E-state index >= 15 is 4.39 Å². The predicted octanol–water partition coefficient (Wildman–Crippen LogP) is 15.8. The second-order valence-corrected chi connectivity index (χ2v) is 17.6. The molecule has 0 radical (unpaired) electrons. The van der Waals surface area contributed by atoms with E-state index in [0.717, 1.165) is 67.5 Å². The molecule has 0 fully saturated rings. The molecule has 1 aliphatic heterocycles. The van der Waals surface area contributed by atoms with Gasteiger partial charge < -0.3 is 9.64 Å². The van der Waals surface area contributed by atoms with Gasteiger partial charge in [0.1, 0.15) is 17.3 Å². The second kappa shape index (κ2) is 13.4. The van der Waals surface area contributed by atoms with Crippen LogP contribution in [0.3, 0.4) is 0 Å². The molecule has 4 aliphatic rings. The van der Waals surface area contributed by atoms with E-state index in [4.69, 9.17) is 4.74 Å². The lowest BCUT2D eigenvalue weighted by atomic mass is 9.66. The van der Waals surface area contributed by atoms with Crippen LogP contribution in [0.2, 0.25) is 0 Å².